The van der Waals surface area contributed by atoms with Gasteiger partial charge in [0, 0.05) is 12.6 Å². The van der Waals surface area contributed by atoms with Crippen LogP contribution in [0.1, 0.15) is 24.5 Å². The van der Waals surface area contributed by atoms with Crippen LogP contribution in [0.15, 0.2) is 35.1 Å². The molecule has 0 bridgehead atoms. The maximum Gasteiger partial charge on any atom is 0.146 e. The average molecular weight is 347 g/mol. The zero-order chi connectivity index (χ0) is 14.7. The van der Waals surface area contributed by atoms with E-state index in [1.54, 1.807) is 6.33 Å². The molecular weight excluding hydrogens is 328 g/mol. The van der Waals surface area contributed by atoms with Crippen molar-refractivity contribution < 1.29 is 0 Å². The number of hydrogen-bond acceptors (Lipinski definition) is 4. The van der Waals surface area contributed by atoms with Crippen molar-refractivity contribution >= 4 is 27.6 Å². The highest BCUT2D eigenvalue weighted by Gasteiger charge is 2.19. The Labute approximate surface area is 133 Å². The molecule has 2 aromatic rings. The van der Waals surface area contributed by atoms with E-state index in [9.17, 15) is 0 Å². The predicted molar refractivity (Wildman–Crippen MR) is 89.8 cm³/mol. The van der Waals surface area contributed by atoms with Crippen LogP contribution in [0.4, 0.5) is 11.6 Å². The van der Waals surface area contributed by atoms with E-state index < -0.39 is 0 Å². The van der Waals surface area contributed by atoms with Gasteiger partial charge in [-0.15, -0.1) is 0 Å². The Bertz CT molecular complexity index is 629. The van der Waals surface area contributed by atoms with Crippen LogP contribution in [-0.4, -0.2) is 22.6 Å². The van der Waals surface area contributed by atoms with Crippen molar-refractivity contribution in [1.29, 1.82) is 0 Å². The lowest BCUT2D eigenvalue weighted by Gasteiger charge is -2.26. The van der Waals surface area contributed by atoms with E-state index in [0.29, 0.717) is 6.04 Å². The molecule has 110 valence electrons. The molecule has 4 nitrogen and oxygen atoms in total. The monoisotopic (exact) mass is 346 g/mol. The topological polar surface area (TPSA) is 49.8 Å². The third kappa shape index (κ3) is 3.18. The van der Waals surface area contributed by atoms with Gasteiger partial charge in [-0.2, -0.15) is 0 Å². The van der Waals surface area contributed by atoms with Crippen LogP contribution >= 0.6 is 15.9 Å². The molecule has 3 rings (SSSR count). The third-order valence-electron chi connectivity index (χ3n) is 3.82. The molecule has 0 aliphatic heterocycles. The minimum Gasteiger partial charge on any atom is -0.369 e. The molecule has 1 unspecified atom stereocenters. The second kappa shape index (κ2) is 6.43. The van der Waals surface area contributed by atoms with Gasteiger partial charge in [0.15, 0.2) is 0 Å². The number of rotatable bonds is 4. The van der Waals surface area contributed by atoms with Crippen molar-refractivity contribution in [2.75, 3.05) is 17.2 Å². The van der Waals surface area contributed by atoms with Crippen LogP contribution in [0.25, 0.3) is 0 Å². The molecule has 2 N–H and O–H groups in total. The van der Waals surface area contributed by atoms with E-state index in [0.717, 1.165) is 41.9 Å². The van der Waals surface area contributed by atoms with E-state index in [4.69, 9.17) is 0 Å². The molecule has 0 fully saturated rings. The van der Waals surface area contributed by atoms with Crippen molar-refractivity contribution in [3.8, 4) is 0 Å². The molecule has 1 aliphatic rings. The minimum atomic E-state index is 0.417. The number of nitrogens with zero attached hydrogens (tertiary/aromatic N) is 2. The first-order valence-electron chi connectivity index (χ1n) is 7.35. The van der Waals surface area contributed by atoms with E-state index in [2.05, 4.69) is 67.7 Å². The fourth-order valence-corrected chi connectivity index (χ4v) is 3.23. The maximum atomic E-state index is 4.36. The number of aromatic nitrogens is 2. The van der Waals surface area contributed by atoms with Gasteiger partial charge in [-0.3, -0.25) is 0 Å². The highest BCUT2D eigenvalue weighted by Crippen LogP contribution is 2.29. The van der Waals surface area contributed by atoms with Crippen molar-refractivity contribution in [3.63, 3.8) is 0 Å². The predicted octanol–water partition coefficient (Wildman–Crippen LogP) is 3.64. The molecular formula is C16H19BrN4. The second-order valence-electron chi connectivity index (χ2n) is 5.27. The molecule has 1 heterocycles. The molecule has 0 amide bonds. The SMILES string of the molecule is CCNc1ncnc(NC2CCc3ccccc3C2)c1Br. The van der Waals surface area contributed by atoms with Crippen LogP contribution in [-0.2, 0) is 12.8 Å². The third-order valence-corrected chi connectivity index (χ3v) is 4.57. The average Bonchev–Trinajstić information content (AvgIpc) is 2.51. The quantitative estimate of drug-likeness (QED) is 0.887. The summed E-state index contributed by atoms with van der Waals surface area (Å²) in [6.07, 6.45) is 4.89. The summed E-state index contributed by atoms with van der Waals surface area (Å²) in [5.74, 6) is 1.71. The van der Waals surface area contributed by atoms with Crippen molar-refractivity contribution in [3.05, 3.63) is 46.2 Å². The molecule has 1 atom stereocenters. The van der Waals surface area contributed by atoms with Gasteiger partial charge in [-0.05, 0) is 53.2 Å². The molecule has 1 aromatic carbocycles. The van der Waals surface area contributed by atoms with Gasteiger partial charge < -0.3 is 10.6 Å². The first-order valence-corrected chi connectivity index (χ1v) is 8.15. The van der Waals surface area contributed by atoms with Crippen molar-refractivity contribution in [2.45, 2.75) is 32.2 Å². The molecule has 0 spiro atoms. The van der Waals surface area contributed by atoms with Gasteiger partial charge in [0.25, 0.3) is 0 Å². The number of hydrogen-bond donors (Lipinski definition) is 2. The fraction of sp³-hybridized carbons (Fsp3) is 0.375. The second-order valence-corrected chi connectivity index (χ2v) is 6.06. The Balaban J connectivity index is 1.75. The zero-order valence-electron chi connectivity index (χ0n) is 12.1. The number of nitrogens with one attached hydrogen (secondary N) is 2. The van der Waals surface area contributed by atoms with Crippen LogP contribution in [0, 0.1) is 0 Å². The highest BCUT2D eigenvalue weighted by molar-refractivity contribution is 9.10. The normalized spacial score (nSPS) is 17.1. The lowest BCUT2D eigenvalue weighted by Crippen LogP contribution is -2.28. The van der Waals surface area contributed by atoms with Crippen LogP contribution in [0.3, 0.4) is 0 Å². The molecule has 21 heavy (non-hydrogen) atoms. The Hall–Kier alpha value is -1.62. The van der Waals surface area contributed by atoms with Gasteiger partial charge in [0.05, 0.1) is 0 Å². The molecule has 1 aliphatic carbocycles. The van der Waals surface area contributed by atoms with Gasteiger partial charge in [0.2, 0.25) is 0 Å². The number of anilines is 2. The highest BCUT2D eigenvalue weighted by atomic mass is 79.9. The van der Waals surface area contributed by atoms with Gasteiger partial charge in [-0.1, -0.05) is 24.3 Å². The fourth-order valence-electron chi connectivity index (χ4n) is 2.78. The Kier molecular flexibility index (Phi) is 4.39. The Morgan fingerprint density at radius 3 is 2.76 bits per heavy atom. The molecule has 5 heteroatoms. The number of halogens is 1. The standard InChI is InChI=1S/C16H19BrN4/c1-2-18-15-14(17)16(20-10-19-15)21-13-8-7-11-5-3-4-6-12(11)9-13/h3-6,10,13H,2,7-9H2,1H3,(H2,18,19,20,21). The van der Waals surface area contributed by atoms with E-state index in [1.807, 2.05) is 0 Å². The molecule has 0 saturated heterocycles. The van der Waals surface area contributed by atoms with Crippen molar-refractivity contribution in [1.82, 2.24) is 9.97 Å². The summed E-state index contributed by atoms with van der Waals surface area (Å²) in [7, 11) is 0. The largest absolute Gasteiger partial charge is 0.369 e. The zero-order valence-corrected chi connectivity index (χ0v) is 13.7. The lowest BCUT2D eigenvalue weighted by molar-refractivity contribution is 0.608. The number of aryl methyl sites for hydroxylation is 1. The van der Waals surface area contributed by atoms with Gasteiger partial charge >= 0.3 is 0 Å². The first kappa shape index (κ1) is 14.3. The van der Waals surface area contributed by atoms with E-state index in [1.165, 1.54) is 11.1 Å². The van der Waals surface area contributed by atoms with E-state index in [-0.39, 0.29) is 0 Å². The number of benzene rings is 1. The molecule has 1 aromatic heterocycles. The van der Waals surface area contributed by atoms with Gasteiger partial charge in [0.1, 0.15) is 22.4 Å². The maximum absolute atomic E-state index is 4.36. The Morgan fingerprint density at radius 1 is 1.19 bits per heavy atom. The van der Waals surface area contributed by atoms with Crippen LogP contribution < -0.4 is 10.6 Å². The van der Waals surface area contributed by atoms with E-state index >= 15 is 0 Å². The smallest absolute Gasteiger partial charge is 0.146 e. The summed E-state index contributed by atoms with van der Waals surface area (Å²) in [5.41, 5.74) is 2.92. The molecule has 0 radical (unpaired) electrons. The summed E-state index contributed by atoms with van der Waals surface area (Å²) in [6.45, 7) is 2.89. The Morgan fingerprint density at radius 2 is 1.95 bits per heavy atom. The summed E-state index contributed by atoms with van der Waals surface area (Å²) in [4.78, 5) is 8.61. The van der Waals surface area contributed by atoms with Crippen molar-refractivity contribution in [2.24, 2.45) is 0 Å². The molecule has 0 saturated carbocycles. The minimum absolute atomic E-state index is 0.417. The number of fused-ring (bicyclic) bond motifs is 1. The lowest BCUT2D eigenvalue weighted by atomic mass is 9.88. The summed E-state index contributed by atoms with van der Waals surface area (Å²) in [6, 6.07) is 9.11. The van der Waals surface area contributed by atoms with Gasteiger partial charge in [-0.25, -0.2) is 9.97 Å². The van der Waals surface area contributed by atoms with Crippen LogP contribution in [0.5, 0.6) is 0 Å². The summed E-state index contributed by atoms with van der Waals surface area (Å²) < 4.78 is 0.908. The first-order chi connectivity index (χ1) is 10.3. The van der Waals surface area contributed by atoms with Crippen LogP contribution in [0.2, 0.25) is 0 Å². The summed E-state index contributed by atoms with van der Waals surface area (Å²) in [5, 5.41) is 6.78. The summed E-state index contributed by atoms with van der Waals surface area (Å²) >= 11 is 3.59.